The molecule has 2 aliphatic rings. The van der Waals surface area contributed by atoms with Crippen LogP contribution in [0.4, 0.5) is 0 Å². The molecule has 2 aliphatic heterocycles. The van der Waals surface area contributed by atoms with Crippen molar-refractivity contribution in [2.24, 2.45) is 5.73 Å². The second-order valence-electron chi connectivity index (χ2n) is 3.54. The van der Waals surface area contributed by atoms with Gasteiger partial charge in [-0.1, -0.05) is 30.1 Å². The van der Waals surface area contributed by atoms with Gasteiger partial charge in [0, 0.05) is 10.7 Å². The van der Waals surface area contributed by atoms with Gasteiger partial charge in [-0.05, 0) is 0 Å². The second kappa shape index (κ2) is 7.07. The van der Waals surface area contributed by atoms with E-state index in [2.05, 4.69) is 0 Å². The quantitative estimate of drug-likeness (QED) is 0.324. The zero-order chi connectivity index (χ0) is 12.6. The van der Waals surface area contributed by atoms with Crippen LogP contribution in [0.15, 0.2) is 11.0 Å². The molecule has 0 radical (unpaired) electrons. The summed E-state index contributed by atoms with van der Waals surface area (Å²) in [7, 11) is 0. The number of thiocarbonyl (C=S) groups is 1. The molecule has 0 bridgehead atoms. The van der Waals surface area contributed by atoms with Crippen LogP contribution in [0.2, 0.25) is 0 Å². The molecule has 2 heterocycles. The van der Waals surface area contributed by atoms with Gasteiger partial charge in [0.15, 0.2) is 0 Å². The predicted octanol–water partition coefficient (Wildman–Crippen LogP) is -3.73. The fourth-order valence-corrected chi connectivity index (χ4v) is 3.91. The van der Waals surface area contributed by atoms with Gasteiger partial charge in [-0.3, -0.25) is 4.79 Å². The number of aliphatic carboxylic acids is 1. The topological polar surface area (TPSA) is 86.5 Å². The van der Waals surface area contributed by atoms with E-state index in [9.17, 15) is 14.7 Å². The van der Waals surface area contributed by atoms with Crippen LogP contribution in [-0.2, 0) is 9.59 Å². The molecule has 18 heavy (non-hydrogen) atoms. The number of hydrogen-bond acceptors (Lipinski definition) is 6. The normalized spacial score (nSPS) is 27.4. The Bertz CT molecular complexity index is 429. The van der Waals surface area contributed by atoms with E-state index in [4.69, 9.17) is 18.0 Å². The molecule has 5 nitrogen and oxygen atoms in total. The molecule has 0 aromatic rings. The van der Waals surface area contributed by atoms with Crippen molar-refractivity contribution < 1.29 is 66.1 Å². The van der Waals surface area contributed by atoms with E-state index in [0.717, 1.165) is 0 Å². The van der Waals surface area contributed by atoms with Crippen LogP contribution in [0.1, 0.15) is 6.42 Å². The van der Waals surface area contributed by atoms with Gasteiger partial charge in [0.1, 0.15) is 10.4 Å². The van der Waals surface area contributed by atoms with Gasteiger partial charge in [-0.25, -0.2) is 0 Å². The summed E-state index contributed by atoms with van der Waals surface area (Å²) in [6, 6.07) is -0.932. The van der Waals surface area contributed by atoms with Crippen LogP contribution < -0.4 is 62.2 Å². The third-order valence-corrected chi connectivity index (χ3v) is 4.80. The first-order chi connectivity index (χ1) is 8.00. The monoisotopic (exact) mass is 328 g/mol. The Hall–Kier alpha value is 0.906. The number of carboxylic acid groups (broad SMARTS) is 1. The first-order valence-corrected chi connectivity index (χ1v) is 7.09. The maximum atomic E-state index is 11.3. The third-order valence-electron chi connectivity index (χ3n) is 2.50. The molecule has 0 spiro atoms. The standard InChI is InChI=1S/C9H10N2O3S3.K/c10-9(15)16-2-1-4-7(8(13)14)11-5(12)3-6(11)17-4;/h1,6-7H,2-3H2,(H2,10,15)(H,13,14);/q;+1/p-1. The molecule has 92 valence electrons. The van der Waals surface area contributed by atoms with Crippen LogP contribution in [0.25, 0.3) is 0 Å². The Morgan fingerprint density at radius 1 is 1.72 bits per heavy atom. The number of fused-ring (bicyclic) bond motifs is 1. The van der Waals surface area contributed by atoms with E-state index in [1.54, 1.807) is 6.08 Å². The molecule has 0 aliphatic carbocycles. The molecule has 1 amide bonds. The van der Waals surface area contributed by atoms with Gasteiger partial charge in [0.2, 0.25) is 5.91 Å². The average Bonchev–Trinajstić information content (AvgIpc) is 2.50. The van der Waals surface area contributed by atoms with Gasteiger partial charge in [0.25, 0.3) is 0 Å². The smallest absolute Gasteiger partial charge is 0.547 e. The first-order valence-electron chi connectivity index (χ1n) is 4.81. The summed E-state index contributed by atoms with van der Waals surface area (Å²) in [5.41, 5.74) is 5.33. The van der Waals surface area contributed by atoms with E-state index < -0.39 is 12.0 Å². The van der Waals surface area contributed by atoms with Crippen LogP contribution in [0.3, 0.4) is 0 Å². The number of β-lactam (4-membered cyclic amide) rings is 1. The minimum Gasteiger partial charge on any atom is -0.547 e. The van der Waals surface area contributed by atoms with Crippen molar-refractivity contribution >= 4 is 51.9 Å². The average molecular weight is 328 g/mol. The summed E-state index contributed by atoms with van der Waals surface area (Å²) in [6.07, 6.45) is 2.15. The molecule has 0 aromatic heterocycles. The summed E-state index contributed by atoms with van der Waals surface area (Å²) in [5, 5.41) is 11.0. The van der Waals surface area contributed by atoms with Crippen molar-refractivity contribution in [3.8, 4) is 0 Å². The van der Waals surface area contributed by atoms with E-state index >= 15 is 0 Å². The van der Waals surface area contributed by atoms with Crippen LogP contribution in [0.5, 0.6) is 0 Å². The SMILES string of the molecule is NC(=S)SCC=C1SC2CC(=O)N2C1C(=O)[O-].[K+]. The van der Waals surface area contributed by atoms with Crippen molar-refractivity contribution in [3.05, 3.63) is 11.0 Å². The molecule has 0 aromatic carbocycles. The Kier molecular flexibility index (Phi) is 6.66. The predicted molar refractivity (Wildman–Crippen MR) is 69.0 cm³/mol. The number of hydrogen-bond donors (Lipinski definition) is 1. The summed E-state index contributed by atoms with van der Waals surface area (Å²) in [5.74, 6) is -0.863. The zero-order valence-electron chi connectivity index (χ0n) is 9.62. The summed E-state index contributed by atoms with van der Waals surface area (Å²) in [4.78, 5) is 24.3. The minimum absolute atomic E-state index is 0. The van der Waals surface area contributed by atoms with E-state index in [1.165, 1.54) is 28.4 Å². The molecule has 2 fully saturated rings. The summed E-state index contributed by atoms with van der Waals surface area (Å²) < 4.78 is 0.314. The number of carbonyl (C=O) groups is 2. The Morgan fingerprint density at radius 3 is 2.89 bits per heavy atom. The van der Waals surface area contributed by atoms with Crippen molar-refractivity contribution in [3.63, 3.8) is 0 Å². The molecule has 2 rings (SSSR count). The van der Waals surface area contributed by atoms with Gasteiger partial charge in [-0.15, -0.1) is 11.8 Å². The Morgan fingerprint density at radius 2 is 2.39 bits per heavy atom. The van der Waals surface area contributed by atoms with Gasteiger partial charge in [0.05, 0.1) is 17.8 Å². The molecule has 2 unspecified atom stereocenters. The third kappa shape index (κ3) is 3.51. The Labute approximate surface area is 161 Å². The van der Waals surface area contributed by atoms with E-state index in [1.807, 2.05) is 0 Å². The number of nitrogens with zero attached hydrogens (tertiary/aromatic N) is 1. The van der Waals surface area contributed by atoms with Gasteiger partial charge < -0.3 is 20.5 Å². The number of rotatable bonds is 3. The summed E-state index contributed by atoms with van der Waals surface area (Å²) in [6.45, 7) is 0. The van der Waals surface area contributed by atoms with Crippen LogP contribution in [-0.4, -0.2) is 38.3 Å². The second-order valence-corrected chi connectivity index (χ2v) is 6.55. The molecule has 2 atom stereocenters. The fourth-order valence-electron chi connectivity index (χ4n) is 1.76. The van der Waals surface area contributed by atoms with Crippen LogP contribution in [0, 0.1) is 0 Å². The van der Waals surface area contributed by atoms with E-state index in [-0.39, 0.29) is 62.7 Å². The summed E-state index contributed by atoms with van der Waals surface area (Å²) >= 11 is 7.36. The fraction of sp³-hybridized carbons (Fsp3) is 0.444. The van der Waals surface area contributed by atoms with Crippen molar-refractivity contribution in [1.29, 1.82) is 0 Å². The molecule has 2 N–H and O–H groups in total. The molecular weight excluding hydrogens is 319 g/mol. The zero-order valence-corrected chi connectivity index (χ0v) is 15.2. The maximum absolute atomic E-state index is 11.3. The number of thioether (sulfide) groups is 2. The number of nitrogens with two attached hydrogens (primary N) is 1. The number of carbonyl (C=O) groups excluding carboxylic acids is 2. The number of carboxylic acids is 1. The molecular formula is C9H9KN2O3S3. The Balaban J connectivity index is 0.00000162. The largest absolute Gasteiger partial charge is 1.00 e. The maximum Gasteiger partial charge on any atom is 1.00 e. The van der Waals surface area contributed by atoms with Gasteiger partial charge >= 0.3 is 51.4 Å². The van der Waals surface area contributed by atoms with E-state index in [0.29, 0.717) is 21.4 Å². The van der Waals surface area contributed by atoms with Crippen molar-refractivity contribution in [1.82, 2.24) is 4.90 Å². The first kappa shape index (κ1) is 17.0. The van der Waals surface area contributed by atoms with Crippen LogP contribution >= 0.6 is 35.7 Å². The van der Waals surface area contributed by atoms with Crippen molar-refractivity contribution in [2.75, 3.05) is 5.75 Å². The number of amides is 1. The molecule has 0 saturated carbocycles. The van der Waals surface area contributed by atoms with Crippen molar-refractivity contribution in [2.45, 2.75) is 17.8 Å². The molecule has 9 heteroatoms. The molecule has 2 saturated heterocycles. The minimum atomic E-state index is -1.24. The van der Waals surface area contributed by atoms with Gasteiger partial charge in [-0.2, -0.15) is 0 Å².